The van der Waals surface area contributed by atoms with E-state index in [1.165, 1.54) is 7.11 Å². The van der Waals surface area contributed by atoms with E-state index in [1.807, 2.05) is 0 Å². The molecule has 1 amide bonds. The number of hydrogen-bond donors (Lipinski definition) is 0. The molecule has 2 heterocycles. The number of benzene rings is 1. The molecule has 7 heteroatoms. The van der Waals surface area contributed by atoms with Gasteiger partial charge in [-0.3, -0.25) is 4.79 Å². The molecule has 116 valence electrons. The summed E-state index contributed by atoms with van der Waals surface area (Å²) in [5, 5.41) is 8.30. The fraction of sp³-hybridized carbons (Fsp3) is 0.400. The van der Waals surface area contributed by atoms with Gasteiger partial charge in [0.15, 0.2) is 11.5 Å². The van der Waals surface area contributed by atoms with Crippen molar-refractivity contribution in [2.45, 2.75) is 12.5 Å². The number of carbonyl (C=O) groups excluding carboxylic acids is 1. The SMILES string of the molecule is COc1cccc(C(=O)N2CC[C@@H](n3nccn3)C2)c1OC. The van der Waals surface area contributed by atoms with E-state index in [0.29, 0.717) is 30.2 Å². The van der Waals surface area contributed by atoms with Gasteiger partial charge in [-0.25, -0.2) is 0 Å². The number of methoxy groups -OCH3 is 2. The van der Waals surface area contributed by atoms with E-state index in [9.17, 15) is 4.79 Å². The van der Waals surface area contributed by atoms with Crippen LogP contribution in [0.1, 0.15) is 22.8 Å². The van der Waals surface area contributed by atoms with E-state index in [4.69, 9.17) is 9.47 Å². The van der Waals surface area contributed by atoms with Gasteiger partial charge in [0, 0.05) is 13.1 Å². The molecule has 1 aliphatic rings. The van der Waals surface area contributed by atoms with Crippen molar-refractivity contribution in [3.8, 4) is 11.5 Å². The maximum absolute atomic E-state index is 12.8. The van der Waals surface area contributed by atoms with Gasteiger partial charge in [-0.05, 0) is 18.6 Å². The molecule has 22 heavy (non-hydrogen) atoms. The van der Waals surface area contributed by atoms with Crippen LogP contribution in [-0.4, -0.2) is 53.1 Å². The third-order valence-electron chi connectivity index (χ3n) is 3.85. The van der Waals surface area contributed by atoms with Gasteiger partial charge in [-0.2, -0.15) is 15.0 Å². The van der Waals surface area contributed by atoms with E-state index < -0.39 is 0 Å². The molecule has 0 saturated carbocycles. The maximum Gasteiger partial charge on any atom is 0.257 e. The molecule has 0 radical (unpaired) electrons. The molecule has 1 atom stereocenters. The second-order valence-electron chi connectivity index (χ2n) is 5.08. The van der Waals surface area contributed by atoms with Gasteiger partial charge in [0.05, 0.1) is 38.2 Å². The Morgan fingerprint density at radius 2 is 2.00 bits per heavy atom. The van der Waals surface area contributed by atoms with Crippen molar-refractivity contribution >= 4 is 5.91 Å². The molecule has 7 nitrogen and oxygen atoms in total. The molecule has 0 bridgehead atoms. The highest BCUT2D eigenvalue weighted by Crippen LogP contribution is 2.32. The summed E-state index contributed by atoms with van der Waals surface area (Å²) in [5.41, 5.74) is 0.510. The molecule has 1 aromatic carbocycles. The van der Waals surface area contributed by atoms with Crippen molar-refractivity contribution < 1.29 is 14.3 Å². The lowest BCUT2D eigenvalue weighted by molar-refractivity contribution is 0.0782. The topological polar surface area (TPSA) is 69.5 Å². The summed E-state index contributed by atoms with van der Waals surface area (Å²) in [7, 11) is 3.09. The number of rotatable bonds is 4. The lowest BCUT2D eigenvalue weighted by Crippen LogP contribution is -2.29. The van der Waals surface area contributed by atoms with Gasteiger partial charge < -0.3 is 14.4 Å². The molecule has 1 aliphatic heterocycles. The van der Waals surface area contributed by atoms with Crippen LogP contribution in [0.5, 0.6) is 11.5 Å². The number of ether oxygens (including phenoxy) is 2. The van der Waals surface area contributed by atoms with E-state index in [2.05, 4.69) is 10.2 Å². The fourth-order valence-corrected chi connectivity index (χ4v) is 2.76. The smallest absolute Gasteiger partial charge is 0.257 e. The molecule has 0 aliphatic carbocycles. The maximum atomic E-state index is 12.8. The van der Waals surface area contributed by atoms with Gasteiger partial charge in [-0.15, -0.1) is 0 Å². The van der Waals surface area contributed by atoms with E-state index in [1.54, 1.807) is 47.4 Å². The first-order valence-electron chi connectivity index (χ1n) is 7.10. The van der Waals surface area contributed by atoms with Crippen molar-refractivity contribution in [3.63, 3.8) is 0 Å². The van der Waals surface area contributed by atoms with Crippen molar-refractivity contribution in [1.82, 2.24) is 19.9 Å². The molecule has 0 N–H and O–H groups in total. The summed E-state index contributed by atoms with van der Waals surface area (Å²) in [5.74, 6) is 0.957. The number of likely N-dealkylation sites (tertiary alicyclic amines) is 1. The van der Waals surface area contributed by atoms with E-state index >= 15 is 0 Å². The zero-order valence-corrected chi connectivity index (χ0v) is 12.6. The number of amides is 1. The van der Waals surface area contributed by atoms with Crippen molar-refractivity contribution in [2.24, 2.45) is 0 Å². The molecule has 0 spiro atoms. The Balaban J connectivity index is 1.80. The third kappa shape index (κ3) is 2.49. The highest BCUT2D eigenvalue weighted by molar-refractivity contribution is 5.98. The second-order valence-corrected chi connectivity index (χ2v) is 5.08. The number of carbonyl (C=O) groups is 1. The summed E-state index contributed by atoms with van der Waals surface area (Å²) in [6, 6.07) is 5.44. The van der Waals surface area contributed by atoms with Crippen LogP contribution in [-0.2, 0) is 0 Å². The molecule has 1 saturated heterocycles. The lowest BCUT2D eigenvalue weighted by atomic mass is 10.1. The Morgan fingerprint density at radius 3 is 2.68 bits per heavy atom. The minimum absolute atomic E-state index is 0.0644. The van der Waals surface area contributed by atoms with Gasteiger partial charge in [0.1, 0.15) is 0 Å². The molecule has 3 rings (SSSR count). The van der Waals surface area contributed by atoms with Gasteiger partial charge in [-0.1, -0.05) is 6.07 Å². The van der Waals surface area contributed by atoms with Crippen LogP contribution >= 0.6 is 0 Å². The number of aromatic nitrogens is 3. The molecule has 0 unspecified atom stereocenters. The third-order valence-corrected chi connectivity index (χ3v) is 3.85. The van der Waals surface area contributed by atoms with Crippen LogP contribution in [0.15, 0.2) is 30.6 Å². The Morgan fingerprint density at radius 1 is 1.23 bits per heavy atom. The Bertz CT molecular complexity index is 657. The van der Waals surface area contributed by atoms with Crippen LogP contribution in [0, 0.1) is 0 Å². The van der Waals surface area contributed by atoms with Crippen LogP contribution in [0.25, 0.3) is 0 Å². The Labute approximate surface area is 128 Å². The number of para-hydroxylation sites is 1. The number of hydrogen-bond acceptors (Lipinski definition) is 5. The summed E-state index contributed by atoms with van der Waals surface area (Å²) in [6.45, 7) is 1.26. The summed E-state index contributed by atoms with van der Waals surface area (Å²) >= 11 is 0. The normalized spacial score (nSPS) is 17.5. The van der Waals surface area contributed by atoms with E-state index in [-0.39, 0.29) is 11.9 Å². The van der Waals surface area contributed by atoms with Crippen LogP contribution in [0.3, 0.4) is 0 Å². The van der Waals surface area contributed by atoms with Gasteiger partial charge in [0.2, 0.25) is 0 Å². The summed E-state index contributed by atoms with van der Waals surface area (Å²) in [6.07, 6.45) is 4.14. The lowest BCUT2D eigenvalue weighted by Gasteiger charge is -2.19. The molecular weight excluding hydrogens is 284 g/mol. The molecular formula is C15H18N4O3. The first-order chi connectivity index (χ1) is 10.7. The van der Waals surface area contributed by atoms with Gasteiger partial charge >= 0.3 is 0 Å². The zero-order valence-electron chi connectivity index (χ0n) is 12.6. The molecule has 1 aromatic heterocycles. The quantitative estimate of drug-likeness (QED) is 0.853. The first kappa shape index (κ1) is 14.4. The average Bonchev–Trinajstić information content (AvgIpc) is 3.23. The highest BCUT2D eigenvalue weighted by Gasteiger charge is 2.30. The van der Waals surface area contributed by atoms with E-state index in [0.717, 1.165) is 6.42 Å². The fourth-order valence-electron chi connectivity index (χ4n) is 2.76. The largest absolute Gasteiger partial charge is 0.493 e. The average molecular weight is 302 g/mol. The van der Waals surface area contributed by atoms with Crippen LogP contribution in [0.4, 0.5) is 0 Å². The predicted octanol–water partition coefficient (Wildman–Crippen LogP) is 1.38. The second kappa shape index (κ2) is 6.05. The predicted molar refractivity (Wildman–Crippen MR) is 79.1 cm³/mol. The minimum Gasteiger partial charge on any atom is -0.493 e. The van der Waals surface area contributed by atoms with Crippen molar-refractivity contribution in [2.75, 3.05) is 27.3 Å². The summed E-state index contributed by atoms with van der Waals surface area (Å²) in [4.78, 5) is 16.2. The Hall–Kier alpha value is -2.57. The number of nitrogens with zero attached hydrogens (tertiary/aromatic N) is 4. The Kier molecular flexibility index (Phi) is 3.95. The first-order valence-corrected chi connectivity index (χ1v) is 7.10. The summed E-state index contributed by atoms with van der Waals surface area (Å²) < 4.78 is 10.6. The van der Waals surface area contributed by atoms with Gasteiger partial charge in [0.25, 0.3) is 5.91 Å². The zero-order chi connectivity index (χ0) is 15.5. The van der Waals surface area contributed by atoms with Crippen molar-refractivity contribution in [1.29, 1.82) is 0 Å². The molecule has 2 aromatic rings. The van der Waals surface area contributed by atoms with Crippen LogP contribution < -0.4 is 9.47 Å². The van der Waals surface area contributed by atoms with Crippen LogP contribution in [0.2, 0.25) is 0 Å². The van der Waals surface area contributed by atoms with Crippen molar-refractivity contribution in [3.05, 3.63) is 36.2 Å². The monoisotopic (exact) mass is 302 g/mol. The highest BCUT2D eigenvalue weighted by atomic mass is 16.5. The standard InChI is InChI=1S/C15H18N4O3/c1-21-13-5-3-4-12(14(13)22-2)15(20)18-9-6-11(10-18)19-16-7-8-17-19/h3-5,7-8,11H,6,9-10H2,1-2H3/t11-/m1/s1. The molecule has 1 fully saturated rings. The minimum atomic E-state index is -0.0644.